The summed E-state index contributed by atoms with van der Waals surface area (Å²) in [4.78, 5) is 0. The lowest BCUT2D eigenvalue weighted by atomic mass is 10.2. The van der Waals surface area contributed by atoms with Gasteiger partial charge in [0.15, 0.2) is 5.75 Å². The predicted molar refractivity (Wildman–Crippen MR) is 65.7 cm³/mol. The Kier molecular flexibility index (Phi) is 3.00. The van der Waals surface area contributed by atoms with E-state index in [-0.39, 0.29) is 0 Å². The lowest BCUT2D eigenvalue weighted by Crippen LogP contribution is -1.90. The Morgan fingerprint density at radius 2 is 2.29 bits per heavy atom. The van der Waals surface area contributed by atoms with Crippen molar-refractivity contribution in [1.82, 2.24) is 0 Å². The quantitative estimate of drug-likeness (QED) is 0.778. The number of benzene rings is 1. The predicted octanol–water partition coefficient (Wildman–Crippen LogP) is 4.72. The zero-order valence-corrected chi connectivity index (χ0v) is 10.7. The normalized spacial score (nSPS) is 10.8. The van der Waals surface area contributed by atoms with Gasteiger partial charge in [-0.25, -0.2) is 0 Å². The van der Waals surface area contributed by atoms with Crippen LogP contribution >= 0.6 is 38.9 Å². The maximum absolute atomic E-state index is 6.12. The standard InChI is InChI=1S/C10H8BrClOS/c1-2-13-9-8-6(12)4-3-5-7(8)14-10(9)11/h3-5H,2H2,1H3. The van der Waals surface area contributed by atoms with Crippen molar-refractivity contribution in [3.63, 3.8) is 0 Å². The zero-order valence-electron chi connectivity index (χ0n) is 7.51. The van der Waals surface area contributed by atoms with Gasteiger partial charge in [-0.1, -0.05) is 17.7 Å². The van der Waals surface area contributed by atoms with E-state index in [1.165, 1.54) is 0 Å². The summed E-state index contributed by atoms with van der Waals surface area (Å²) in [6.45, 7) is 2.61. The monoisotopic (exact) mass is 290 g/mol. The molecule has 0 unspecified atom stereocenters. The molecule has 0 amide bonds. The highest BCUT2D eigenvalue weighted by Crippen LogP contribution is 2.44. The number of hydrogen-bond donors (Lipinski definition) is 0. The van der Waals surface area contributed by atoms with Crippen molar-refractivity contribution in [3.05, 3.63) is 27.0 Å². The molecule has 14 heavy (non-hydrogen) atoms. The second-order valence-corrected chi connectivity index (χ2v) is 5.53. The van der Waals surface area contributed by atoms with Gasteiger partial charge in [0.25, 0.3) is 0 Å². The van der Waals surface area contributed by atoms with E-state index in [1.54, 1.807) is 11.3 Å². The van der Waals surface area contributed by atoms with E-state index < -0.39 is 0 Å². The molecule has 1 aromatic carbocycles. The molecule has 0 saturated carbocycles. The van der Waals surface area contributed by atoms with E-state index in [0.29, 0.717) is 6.61 Å². The molecule has 0 spiro atoms. The van der Waals surface area contributed by atoms with Gasteiger partial charge in [0, 0.05) is 4.70 Å². The van der Waals surface area contributed by atoms with E-state index >= 15 is 0 Å². The fraction of sp³-hybridized carbons (Fsp3) is 0.200. The summed E-state index contributed by atoms with van der Waals surface area (Å²) in [7, 11) is 0. The first-order chi connectivity index (χ1) is 6.74. The summed E-state index contributed by atoms with van der Waals surface area (Å²) >= 11 is 11.2. The summed E-state index contributed by atoms with van der Waals surface area (Å²) in [5.41, 5.74) is 0. The minimum Gasteiger partial charge on any atom is -0.491 e. The van der Waals surface area contributed by atoms with Crippen LogP contribution < -0.4 is 4.74 Å². The number of halogens is 2. The van der Waals surface area contributed by atoms with Gasteiger partial charge in [0.05, 0.1) is 17.0 Å². The first kappa shape index (κ1) is 10.3. The molecule has 0 aliphatic rings. The van der Waals surface area contributed by atoms with Crippen LogP contribution in [0.1, 0.15) is 6.92 Å². The van der Waals surface area contributed by atoms with Crippen LogP contribution in [0, 0.1) is 0 Å². The van der Waals surface area contributed by atoms with Gasteiger partial charge in [0.2, 0.25) is 0 Å². The van der Waals surface area contributed by atoms with Crippen LogP contribution in [0.25, 0.3) is 10.1 Å². The second-order valence-electron chi connectivity index (χ2n) is 2.75. The molecule has 0 bridgehead atoms. The molecule has 0 atom stereocenters. The lowest BCUT2D eigenvalue weighted by Gasteiger charge is -2.02. The highest BCUT2D eigenvalue weighted by atomic mass is 79.9. The Morgan fingerprint density at radius 3 is 3.00 bits per heavy atom. The molecule has 4 heteroatoms. The summed E-state index contributed by atoms with van der Waals surface area (Å²) in [6, 6.07) is 5.87. The third-order valence-corrected chi connectivity index (χ3v) is 3.95. The summed E-state index contributed by atoms with van der Waals surface area (Å²) in [6.07, 6.45) is 0. The Balaban J connectivity index is 2.73. The highest BCUT2D eigenvalue weighted by molar-refractivity contribution is 9.11. The van der Waals surface area contributed by atoms with Gasteiger partial charge in [-0.3, -0.25) is 0 Å². The first-order valence-electron chi connectivity index (χ1n) is 4.23. The minimum atomic E-state index is 0.648. The van der Waals surface area contributed by atoms with Gasteiger partial charge < -0.3 is 4.74 Å². The van der Waals surface area contributed by atoms with Crippen LogP contribution in [0.15, 0.2) is 22.0 Å². The highest BCUT2D eigenvalue weighted by Gasteiger charge is 2.13. The van der Waals surface area contributed by atoms with Crippen LogP contribution in [0.3, 0.4) is 0 Å². The summed E-state index contributed by atoms with van der Waals surface area (Å²) in [5.74, 6) is 0.859. The van der Waals surface area contributed by atoms with Crippen LogP contribution in [-0.2, 0) is 0 Å². The van der Waals surface area contributed by atoms with Crippen molar-refractivity contribution in [2.24, 2.45) is 0 Å². The van der Waals surface area contributed by atoms with E-state index in [0.717, 1.165) is 24.6 Å². The van der Waals surface area contributed by atoms with Crippen molar-refractivity contribution in [2.75, 3.05) is 6.61 Å². The molecule has 0 radical (unpaired) electrons. The molecule has 2 aromatic rings. The molecule has 0 N–H and O–H groups in total. The number of fused-ring (bicyclic) bond motifs is 1. The fourth-order valence-corrected chi connectivity index (χ4v) is 3.37. The van der Waals surface area contributed by atoms with E-state index in [9.17, 15) is 0 Å². The first-order valence-corrected chi connectivity index (χ1v) is 6.22. The van der Waals surface area contributed by atoms with Crippen molar-refractivity contribution in [2.45, 2.75) is 6.92 Å². The average Bonchev–Trinajstić information content (AvgIpc) is 2.45. The van der Waals surface area contributed by atoms with Gasteiger partial charge in [0.1, 0.15) is 3.79 Å². The molecular weight excluding hydrogens is 284 g/mol. The Hall–Kier alpha value is -0.250. The van der Waals surface area contributed by atoms with Crippen molar-refractivity contribution >= 4 is 49.0 Å². The number of ether oxygens (including phenoxy) is 1. The molecule has 0 saturated heterocycles. The zero-order chi connectivity index (χ0) is 10.1. The summed E-state index contributed by atoms with van der Waals surface area (Å²) in [5, 5.41) is 1.75. The third kappa shape index (κ3) is 1.64. The largest absolute Gasteiger partial charge is 0.491 e. The maximum Gasteiger partial charge on any atom is 0.153 e. The second kappa shape index (κ2) is 4.09. The van der Waals surface area contributed by atoms with Crippen molar-refractivity contribution < 1.29 is 4.74 Å². The molecular formula is C10H8BrClOS. The van der Waals surface area contributed by atoms with Crippen molar-refractivity contribution in [3.8, 4) is 5.75 Å². The SMILES string of the molecule is CCOc1c(Br)sc2cccc(Cl)c12. The fourth-order valence-electron chi connectivity index (χ4n) is 1.32. The van der Waals surface area contributed by atoms with Crippen molar-refractivity contribution in [1.29, 1.82) is 0 Å². The topological polar surface area (TPSA) is 9.23 Å². The smallest absolute Gasteiger partial charge is 0.153 e. The molecule has 0 fully saturated rings. The maximum atomic E-state index is 6.12. The van der Waals surface area contributed by atoms with Crippen LogP contribution in [-0.4, -0.2) is 6.61 Å². The summed E-state index contributed by atoms with van der Waals surface area (Å²) < 4.78 is 7.70. The lowest BCUT2D eigenvalue weighted by molar-refractivity contribution is 0.344. The molecule has 2 rings (SSSR count). The van der Waals surface area contributed by atoms with Gasteiger partial charge in [-0.2, -0.15) is 0 Å². The number of hydrogen-bond acceptors (Lipinski definition) is 2. The molecule has 1 heterocycles. The van der Waals surface area contributed by atoms with Gasteiger partial charge in [-0.15, -0.1) is 11.3 Å². The Labute approximate surface area is 99.8 Å². The molecule has 0 aliphatic heterocycles. The van der Waals surface area contributed by atoms with E-state index in [4.69, 9.17) is 16.3 Å². The van der Waals surface area contributed by atoms with Gasteiger partial charge in [-0.05, 0) is 35.0 Å². The molecule has 1 nitrogen and oxygen atoms in total. The average molecular weight is 292 g/mol. The van der Waals surface area contributed by atoms with Crippen LogP contribution in [0.4, 0.5) is 0 Å². The van der Waals surface area contributed by atoms with E-state index in [1.807, 2.05) is 25.1 Å². The van der Waals surface area contributed by atoms with Crippen LogP contribution in [0.5, 0.6) is 5.75 Å². The number of thiophene rings is 1. The van der Waals surface area contributed by atoms with Crippen LogP contribution in [0.2, 0.25) is 5.02 Å². The van der Waals surface area contributed by atoms with Gasteiger partial charge >= 0.3 is 0 Å². The molecule has 1 aromatic heterocycles. The van der Waals surface area contributed by atoms with E-state index in [2.05, 4.69) is 15.9 Å². The Morgan fingerprint density at radius 1 is 1.50 bits per heavy atom. The molecule has 74 valence electrons. The Bertz CT molecular complexity index is 466. The molecule has 0 aliphatic carbocycles. The third-order valence-electron chi connectivity index (χ3n) is 1.87. The minimum absolute atomic E-state index is 0.648. The number of rotatable bonds is 2.